The zero-order chi connectivity index (χ0) is 21.6. The van der Waals surface area contributed by atoms with E-state index in [0.717, 1.165) is 60.1 Å². The van der Waals surface area contributed by atoms with E-state index in [9.17, 15) is 0 Å². The highest BCUT2D eigenvalue weighted by molar-refractivity contribution is 5.83. The second kappa shape index (κ2) is 7.67. The van der Waals surface area contributed by atoms with Crippen LogP contribution in [0.5, 0.6) is 0 Å². The van der Waals surface area contributed by atoms with Crippen molar-refractivity contribution in [2.75, 3.05) is 43.4 Å². The van der Waals surface area contributed by atoms with Crippen LogP contribution in [0, 0.1) is 13.8 Å². The van der Waals surface area contributed by atoms with Crippen molar-refractivity contribution in [3.05, 3.63) is 65.5 Å². The third kappa shape index (κ3) is 3.48. The Balaban J connectivity index is 1.57. The maximum Gasteiger partial charge on any atom is 0.227 e. The lowest BCUT2D eigenvalue weighted by Gasteiger charge is -2.47. The summed E-state index contributed by atoms with van der Waals surface area (Å²) in [4.78, 5) is 7.00. The number of benzene rings is 2. The first-order chi connectivity index (χ1) is 15.0. The van der Waals surface area contributed by atoms with Gasteiger partial charge in [-0.3, -0.25) is 5.73 Å². The van der Waals surface area contributed by atoms with Crippen molar-refractivity contribution in [2.45, 2.75) is 26.3 Å². The van der Waals surface area contributed by atoms with E-state index in [2.05, 4.69) is 74.7 Å². The topological polar surface area (TPSA) is 73.8 Å². The summed E-state index contributed by atoms with van der Waals surface area (Å²) < 4.78 is 5.42. The first-order valence-electron chi connectivity index (χ1n) is 10.9. The molecule has 0 bridgehead atoms. The molecule has 0 radical (unpaired) electrons. The van der Waals surface area contributed by atoms with Crippen molar-refractivity contribution in [3.8, 4) is 11.1 Å². The number of aromatic nitrogens is 1. The quantitative estimate of drug-likeness (QED) is 0.674. The van der Waals surface area contributed by atoms with Crippen molar-refractivity contribution in [1.29, 1.82) is 0 Å². The van der Waals surface area contributed by atoms with Crippen LogP contribution in [0.3, 0.4) is 0 Å². The van der Waals surface area contributed by atoms with Gasteiger partial charge in [-0.2, -0.15) is 0 Å². The maximum atomic E-state index is 7.14. The number of aryl methyl sites for hydroxylation is 2. The van der Waals surface area contributed by atoms with Crippen molar-refractivity contribution < 1.29 is 4.52 Å². The second-order valence-electron chi connectivity index (χ2n) is 8.64. The number of likely N-dealkylation sites (N-methyl/N-ethyl adjacent to an activating group) is 1. The van der Waals surface area contributed by atoms with Gasteiger partial charge in [0.2, 0.25) is 5.91 Å². The number of nitrogens with zero attached hydrogens (tertiary/aromatic N) is 4. The first kappa shape index (κ1) is 20.1. The predicted molar refractivity (Wildman–Crippen MR) is 124 cm³/mol. The summed E-state index contributed by atoms with van der Waals surface area (Å²) in [6.45, 7) is 8.48. The highest BCUT2D eigenvalue weighted by Gasteiger charge is 2.46. The second-order valence-corrected chi connectivity index (χ2v) is 8.64. The van der Waals surface area contributed by atoms with E-state index in [0.29, 0.717) is 6.54 Å². The van der Waals surface area contributed by atoms with Crippen molar-refractivity contribution in [2.24, 2.45) is 5.73 Å². The molecule has 1 fully saturated rings. The Bertz CT molecular complexity index is 1050. The standard InChI is InChI=1S/C24H30N6O/c1-17-23(18(2)31-27-17)20-9-10-21-22(15-20)30(16-19-7-5-4-6-8-19)24(25,26-21)29-13-11-28(3)12-14-29/h4-10,15,26H,11-14,16,25H2,1-3H3. The van der Waals surface area contributed by atoms with Crippen LogP contribution < -0.4 is 16.0 Å². The molecule has 2 aliphatic rings. The van der Waals surface area contributed by atoms with Gasteiger partial charge in [-0.25, -0.2) is 4.90 Å². The molecule has 0 aliphatic carbocycles. The molecular weight excluding hydrogens is 388 g/mol. The normalized spacial score (nSPS) is 21.9. The van der Waals surface area contributed by atoms with E-state index in [1.807, 2.05) is 19.9 Å². The van der Waals surface area contributed by atoms with Gasteiger partial charge in [0.1, 0.15) is 5.76 Å². The van der Waals surface area contributed by atoms with E-state index in [4.69, 9.17) is 10.3 Å². The minimum Gasteiger partial charge on any atom is -0.361 e. The summed E-state index contributed by atoms with van der Waals surface area (Å²) in [6.07, 6.45) is 0. The fourth-order valence-corrected chi connectivity index (χ4v) is 4.73. The number of anilines is 2. The molecule has 2 aliphatic heterocycles. The molecule has 5 rings (SSSR count). The molecule has 162 valence electrons. The minimum absolute atomic E-state index is 0.717. The molecule has 3 N–H and O–H groups in total. The lowest BCUT2D eigenvalue weighted by molar-refractivity contribution is 0.0605. The SMILES string of the molecule is Cc1noc(C)c1-c1ccc2c(c1)N(Cc1ccccc1)C(N)(N1CCN(C)CC1)N2. The first-order valence-corrected chi connectivity index (χ1v) is 10.9. The van der Waals surface area contributed by atoms with Crippen LogP contribution in [0.2, 0.25) is 0 Å². The fourth-order valence-electron chi connectivity index (χ4n) is 4.73. The molecule has 0 saturated carbocycles. The number of fused-ring (bicyclic) bond motifs is 1. The summed E-state index contributed by atoms with van der Waals surface area (Å²) in [7, 11) is 2.16. The Hall–Kier alpha value is -2.87. The number of rotatable bonds is 4. The van der Waals surface area contributed by atoms with Crippen LogP contribution in [0.1, 0.15) is 17.0 Å². The smallest absolute Gasteiger partial charge is 0.227 e. The Morgan fingerprint density at radius 3 is 2.48 bits per heavy atom. The number of hydrogen-bond donors (Lipinski definition) is 2. The van der Waals surface area contributed by atoms with Crippen molar-refractivity contribution >= 4 is 11.4 Å². The number of hydrogen-bond acceptors (Lipinski definition) is 7. The van der Waals surface area contributed by atoms with Gasteiger partial charge in [-0.05, 0) is 44.2 Å². The molecule has 0 amide bonds. The van der Waals surface area contributed by atoms with Gasteiger partial charge in [0.05, 0.1) is 17.1 Å². The van der Waals surface area contributed by atoms with Gasteiger partial charge in [0.15, 0.2) is 0 Å². The summed E-state index contributed by atoms with van der Waals surface area (Å²) in [6, 6.07) is 17.0. The van der Waals surface area contributed by atoms with Gasteiger partial charge in [0.25, 0.3) is 0 Å². The molecule has 2 aromatic carbocycles. The van der Waals surface area contributed by atoms with Crippen LogP contribution in [0.25, 0.3) is 11.1 Å². The highest BCUT2D eigenvalue weighted by atomic mass is 16.5. The largest absolute Gasteiger partial charge is 0.361 e. The molecule has 7 heteroatoms. The summed E-state index contributed by atoms with van der Waals surface area (Å²) in [5.74, 6) is 0.0488. The van der Waals surface area contributed by atoms with Crippen LogP contribution >= 0.6 is 0 Å². The lowest BCUT2D eigenvalue weighted by atomic mass is 10.0. The number of nitrogens with one attached hydrogen (secondary N) is 1. The third-order valence-electron chi connectivity index (χ3n) is 6.51. The zero-order valence-corrected chi connectivity index (χ0v) is 18.4. The molecule has 3 heterocycles. The molecule has 1 unspecified atom stereocenters. The Morgan fingerprint density at radius 2 is 1.81 bits per heavy atom. The molecule has 7 nitrogen and oxygen atoms in total. The lowest BCUT2D eigenvalue weighted by Crippen LogP contribution is -2.71. The minimum atomic E-state index is -0.781. The van der Waals surface area contributed by atoms with Gasteiger partial charge < -0.3 is 19.6 Å². The van der Waals surface area contributed by atoms with Gasteiger partial charge >= 0.3 is 0 Å². The molecule has 1 saturated heterocycles. The monoisotopic (exact) mass is 418 g/mol. The van der Waals surface area contributed by atoms with Crippen LogP contribution in [-0.4, -0.2) is 54.1 Å². The summed E-state index contributed by atoms with van der Waals surface area (Å²) in [5.41, 5.74) is 13.6. The Morgan fingerprint density at radius 1 is 1.06 bits per heavy atom. The number of nitrogens with two attached hydrogens (primary N) is 1. The Kier molecular flexibility index (Phi) is 4.97. The van der Waals surface area contributed by atoms with E-state index in [1.54, 1.807) is 0 Å². The molecule has 1 aromatic heterocycles. The van der Waals surface area contributed by atoms with Crippen molar-refractivity contribution in [3.63, 3.8) is 0 Å². The average molecular weight is 419 g/mol. The van der Waals surface area contributed by atoms with E-state index in [-0.39, 0.29) is 0 Å². The van der Waals surface area contributed by atoms with E-state index in [1.165, 1.54) is 5.56 Å². The fraction of sp³-hybridized carbons (Fsp3) is 0.375. The third-order valence-corrected chi connectivity index (χ3v) is 6.51. The van der Waals surface area contributed by atoms with E-state index >= 15 is 0 Å². The van der Waals surface area contributed by atoms with Crippen LogP contribution in [-0.2, 0) is 6.54 Å². The zero-order valence-electron chi connectivity index (χ0n) is 18.4. The summed E-state index contributed by atoms with van der Waals surface area (Å²) in [5, 5.41) is 7.78. The van der Waals surface area contributed by atoms with Gasteiger partial charge in [-0.1, -0.05) is 41.6 Å². The predicted octanol–water partition coefficient (Wildman–Crippen LogP) is 3.21. The summed E-state index contributed by atoms with van der Waals surface area (Å²) >= 11 is 0. The molecule has 0 spiro atoms. The molecule has 31 heavy (non-hydrogen) atoms. The van der Waals surface area contributed by atoms with Crippen LogP contribution in [0.4, 0.5) is 11.4 Å². The Labute approximate surface area is 183 Å². The van der Waals surface area contributed by atoms with E-state index < -0.39 is 5.91 Å². The molecular formula is C24H30N6O. The van der Waals surface area contributed by atoms with Crippen LogP contribution in [0.15, 0.2) is 53.1 Å². The van der Waals surface area contributed by atoms with Gasteiger partial charge in [0, 0.05) is 38.3 Å². The average Bonchev–Trinajstić information content (AvgIpc) is 3.25. The molecule has 3 aromatic rings. The molecule has 1 atom stereocenters. The number of piperazine rings is 1. The maximum absolute atomic E-state index is 7.14. The highest BCUT2D eigenvalue weighted by Crippen LogP contribution is 2.43. The van der Waals surface area contributed by atoms with Crippen molar-refractivity contribution in [1.82, 2.24) is 15.0 Å². The van der Waals surface area contributed by atoms with Gasteiger partial charge in [-0.15, -0.1) is 0 Å².